The number of piperazine rings is 1. The number of carbonyl (C=O) groups excluding carboxylic acids is 1. The molecule has 3 rings (SSSR count). The van der Waals surface area contributed by atoms with E-state index in [0.717, 1.165) is 32.7 Å². The van der Waals surface area contributed by atoms with Crippen LogP contribution in [0.15, 0.2) is 48.5 Å². The number of halogens is 1. The van der Waals surface area contributed by atoms with Gasteiger partial charge in [0, 0.05) is 50.5 Å². The molecule has 1 aliphatic heterocycles. The molecule has 1 saturated heterocycles. The van der Waals surface area contributed by atoms with Crippen LogP contribution >= 0.6 is 0 Å². The van der Waals surface area contributed by atoms with Crippen molar-refractivity contribution in [3.63, 3.8) is 0 Å². The highest BCUT2D eigenvalue weighted by atomic mass is 19.1. The first kappa shape index (κ1) is 17.4. The van der Waals surface area contributed by atoms with E-state index in [9.17, 15) is 9.18 Å². The van der Waals surface area contributed by atoms with E-state index in [1.165, 1.54) is 23.4 Å². The van der Waals surface area contributed by atoms with Gasteiger partial charge >= 0.3 is 0 Å². The Balaban J connectivity index is 1.42. The molecule has 2 aromatic carbocycles. The van der Waals surface area contributed by atoms with Crippen LogP contribution in [0.1, 0.15) is 12.0 Å². The summed E-state index contributed by atoms with van der Waals surface area (Å²) in [6.45, 7) is 6.66. The third-order valence-electron chi connectivity index (χ3n) is 4.50. The fourth-order valence-corrected chi connectivity index (χ4v) is 3.10. The van der Waals surface area contributed by atoms with E-state index in [1.54, 1.807) is 12.1 Å². The van der Waals surface area contributed by atoms with Gasteiger partial charge in [-0.3, -0.25) is 9.69 Å². The lowest BCUT2D eigenvalue weighted by atomic mass is 10.2. The minimum Gasteiger partial charge on any atom is -0.369 e. The van der Waals surface area contributed by atoms with Crippen LogP contribution in [0.25, 0.3) is 0 Å². The predicted molar refractivity (Wildman–Crippen MR) is 99.5 cm³/mol. The number of hydrogen-bond acceptors (Lipinski definition) is 3. The van der Waals surface area contributed by atoms with Gasteiger partial charge in [-0.25, -0.2) is 4.39 Å². The van der Waals surface area contributed by atoms with E-state index in [2.05, 4.69) is 46.3 Å². The van der Waals surface area contributed by atoms with E-state index in [-0.39, 0.29) is 11.7 Å². The second kappa shape index (κ2) is 8.12. The Morgan fingerprint density at radius 2 is 1.84 bits per heavy atom. The zero-order valence-corrected chi connectivity index (χ0v) is 14.5. The molecule has 2 aromatic rings. The average Bonchev–Trinajstić information content (AvgIpc) is 2.60. The predicted octanol–water partition coefficient (Wildman–Crippen LogP) is 3.28. The molecule has 0 radical (unpaired) electrons. The Morgan fingerprint density at radius 1 is 1.08 bits per heavy atom. The third-order valence-corrected chi connectivity index (χ3v) is 4.50. The number of anilines is 2. The topological polar surface area (TPSA) is 35.6 Å². The second-order valence-corrected chi connectivity index (χ2v) is 6.48. The van der Waals surface area contributed by atoms with E-state index >= 15 is 0 Å². The molecule has 5 heteroatoms. The van der Waals surface area contributed by atoms with Crippen LogP contribution in [0.4, 0.5) is 15.8 Å². The van der Waals surface area contributed by atoms with Gasteiger partial charge in [0.05, 0.1) is 0 Å². The van der Waals surface area contributed by atoms with Gasteiger partial charge in [-0.05, 0) is 42.8 Å². The van der Waals surface area contributed by atoms with Crippen LogP contribution in [-0.2, 0) is 4.79 Å². The summed E-state index contributed by atoms with van der Waals surface area (Å²) in [5.74, 6) is -0.420. The highest BCUT2D eigenvalue weighted by Gasteiger charge is 2.17. The summed E-state index contributed by atoms with van der Waals surface area (Å²) in [5.41, 5.74) is 3.05. The van der Waals surface area contributed by atoms with Gasteiger partial charge in [-0.15, -0.1) is 0 Å². The SMILES string of the molecule is Cc1cccc(N2CCN(CCC(=O)Nc3cccc(F)c3)CC2)c1. The molecule has 0 aromatic heterocycles. The largest absolute Gasteiger partial charge is 0.369 e. The van der Waals surface area contributed by atoms with Crippen molar-refractivity contribution in [3.05, 3.63) is 59.9 Å². The molecule has 0 spiro atoms. The van der Waals surface area contributed by atoms with Gasteiger partial charge in [-0.2, -0.15) is 0 Å². The van der Waals surface area contributed by atoms with Crippen molar-refractivity contribution in [3.8, 4) is 0 Å². The Labute approximate surface area is 148 Å². The number of nitrogens with zero attached hydrogens (tertiary/aromatic N) is 2. The van der Waals surface area contributed by atoms with Crippen LogP contribution in [0.3, 0.4) is 0 Å². The molecule has 25 heavy (non-hydrogen) atoms. The molecule has 1 aliphatic rings. The molecule has 0 aliphatic carbocycles. The van der Waals surface area contributed by atoms with Gasteiger partial charge in [0.25, 0.3) is 0 Å². The second-order valence-electron chi connectivity index (χ2n) is 6.48. The minimum absolute atomic E-state index is 0.0771. The first-order chi connectivity index (χ1) is 12.1. The Hall–Kier alpha value is -2.40. The summed E-state index contributed by atoms with van der Waals surface area (Å²) in [6, 6.07) is 14.5. The summed E-state index contributed by atoms with van der Waals surface area (Å²) >= 11 is 0. The standard InChI is InChI=1S/C20H24FN3O/c1-16-4-2-7-19(14-16)24-12-10-23(11-13-24)9-8-20(25)22-18-6-3-5-17(21)15-18/h2-7,14-15H,8-13H2,1H3,(H,22,25). The van der Waals surface area contributed by atoms with Crippen LogP contribution < -0.4 is 10.2 Å². The zero-order valence-electron chi connectivity index (χ0n) is 14.5. The first-order valence-electron chi connectivity index (χ1n) is 8.69. The van der Waals surface area contributed by atoms with Crippen molar-refractivity contribution in [1.29, 1.82) is 0 Å². The lowest BCUT2D eigenvalue weighted by Crippen LogP contribution is -2.47. The van der Waals surface area contributed by atoms with Crippen LogP contribution in [-0.4, -0.2) is 43.5 Å². The zero-order chi connectivity index (χ0) is 17.6. The maximum atomic E-state index is 13.1. The van der Waals surface area contributed by atoms with Crippen molar-refractivity contribution in [2.24, 2.45) is 0 Å². The van der Waals surface area contributed by atoms with Crippen LogP contribution in [0.2, 0.25) is 0 Å². The van der Waals surface area contributed by atoms with E-state index in [4.69, 9.17) is 0 Å². The quantitative estimate of drug-likeness (QED) is 0.906. The molecule has 0 bridgehead atoms. The summed E-state index contributed by atoms with van der Waals surface area (Å²) in [4.78, 5) is 16.7. The Kier molecular flexibility index (Phi) is 5.66. The summed E-state index contributed by atoms with van der Waals surface area (Å²) in [5, 5.41) is 2.75. The first-order valence-corrected chi connectivity index (χ1v) is 8.69. The molecule has 132 valence electrons. The number of benzene rings is 2. The molecule has 0 atom stereocenters. The van der Waals surface area contributed by atoms with Gasteiger partial charge in [0.15, 0.2) is 0 Å². The van der Waals surface area contributed by atoms with Crippen LogP contribution in [0, 0.1) is 12.7 Å². The molecular formula is C20H24FN3O. The molecular weight excluding hydrogens is 317 g/mol. The molecule has 1 amide bonds. The normalized spacial score (nSPS) is 15.2. The highest BCUT2D eigenvalue weighted by molar-refractivity contribution is 5.90. The summed E-state index contributed by atoms with van der Waals surface area (Å²) in [6.07, 6.45) is 0.418. The van der Waals surface area contributed by atoms with Gasteiger partial charge in [-0.1, -0.05) is 18.2 Å². The van der Waals surface area contributed by atoms with Crippen molar-refractivity contribution < 1.29 is 9.18 Å². The van der Waals surface area contributed by atoms with Crippen LogP contribution in [0.5, 0.6) is 0 Å². The smallest absolute Gasteiger partial charge is 0.225 e. The lowest BCUT2D eigenvalue weighted by Gasteiger charge is -2.36. The maximum Gasteiger partial charge on any atom is 0.225 e. The Morgan fingerprint density at radius 3 is 2.56 bits per heavy atom. The molecule has 1 fully saturated rings. The monoisotopic (exact) mass is 341 g/mol. The molecule has 4 nitrogen and oxygen atoms in total. The maximum absolute atomic E-state index is 13.1. The molecule has 1 N–H and O–H groups in total. The number of carbonyl (C=O) groups is 1. The number of hydrogen-bond donors (Lipinski definition) is 1. The number of rotatable bonds is 5. The van der Waals surface area contributed by atoms with E-state index in [1.807, 2.05) is 0 Å². The molecule has 1 heterocycles. The van der Waals surface area contributed by atoms with Gasteiger partial charge in [0.2, 0.25) is 5.91 Å². The van der Waals surface area contributed by atoms with Crippen molar-refractivity contribution in [2.45, 2.75) is 13.3 Å². The number of aryl methyl sites for hydroxylation is 1. The lowest BCUT2D eigenvalue weighted by molar-refractivity contribution is -0.116. The van der Waals surface area contributed by atoms with Crippen molar-refractivity contribution in [2.75, 3.05) is 42.9 Å². The number of nitrogens with one attached hydrogen (secondary N) is 1. The molecule has 0 saturated carbocycles. The fourth-order valence-electron chi connectivity index (χ4n) is 3.10. The summed E-state index contributed by atoms with van der Waals surface area (Å²) in [7, 11) is 0. The summed E-state index contributed by atoms with van der Waals surface area (Å²) < 4.78 is 13.1. The fraction of sp³-hybridized carbons (Fsp3) is 0.350. The van der Waals surface area contributed by atoms with Crippen molar-refractivity contribution >= 4 is 17.3 Å². The van der Waals surface area contributed by atoms with E-state index < -0.39 is 0 Å². The number of amides is 1. The molecule has 0 unspecified atom stereocenters. The van der Waals surface area contributed by atoms with E-state index in [0.29, 0.717) is 12.1 Å². The van der Waals surface area contributed by atoms with Gasteiger partial charge in [0.1, 0.15) is 5.82 Å². The van der Waals surface area contributed by atoms with Gasteiger partial charge < -0.3 is 10.2 Å². The van der Waals surface area contributed by atoms with Crippen molar-refractivity contribution in [1.82, 2.24) is 4.90 Å². The third kappa shape index (κ3) is 5.03. The minimum atomic E-state index is -0.343. The Bertz CT molecular complexity index is 726. The average molecular weight is 341 g/mol. The highest BCUT2D eigenvalue weighted by Crippen LogP contribution is 2.18.